The molecule has 2 aromatic carbocycles. The molecule has 0 unspecified atom stereocenters. The second kappa shape index (κ2) is 7.07. The van der Waals surface area contributed by atoms with Crippen molar-refractivity contribution in [2.24, 2.45) is 0 Å². The number of carbonyl (C=O) groups is 1. The first-order valence-corrected chi connectivity index (χ1v) is 8.10. The van der Waals surface area contributed by atoms with Crippen molar-refractivity contribution in [1.82, 2.24) is 4.98 Å². The molecule has 116 valence electrons. The van der Waals surface area contributed by atoms with Gasteiger partial charge in [0.1, 0.15) is 5.75 Å². The number of amides is 1. The molecule has 23 heavy (non-hydrogen) atoms. The van der Waals surface area contributed by atoms with Gasteiger partial charge in [-0.05, 0) is 31.2 Å². The zero-order valence-electron chi connectivity index (χ0n) is 12.7. The molecular formula is C18H16N2O2S. The van der Waals surface area contributed by atoms with Crippen LogP contribution in [0.5, 0.6) is 5.75 Å². The van der Waals surface area contributed by atoms with E-state index >= 15 is 0 Å². The number of nitrogens with zero attached hydrogens (tertiary/aromatic N) is 2. The summed E-state index contributed by atoms with van der Waals surface area (Å²) in [5, 5.41) is 2.58. The van der Waals surface area contributed by atoms with Gasteiger partial charge in [-0.2, -0.15) is 0 Å². The van der Waals surface area contributed by atoms with Crippen molar-refractivity contribution in [2.45, 2.75) is 6.92 Å². The van der Waals surface area contributed by atoms with Crippen LogP contribution < -0.4 is 9.64 Å². The number of rotatable bonds is 5. The lowest BCUT2D eigenvalue weighted by molar-refractivity contribution is -0.119. The molecule has 0 N–H and O–H groups in total. The predicted molar refractivity (Wildman–Crippen MR) is 92.4 cm³/mol. The first-order chi connectivity index (χ1) is 11.2. The van der Waals surface area contributed by atoms with Gasteiger partial charge < -0.3 is 4.74 Å². The van der Waals surface area contributed by atoms with Crippen LogP contribution in [0.15, 0.2) is 66.0 Å². The summed E-state index contributed by atoms with van der Waals surface area (Å²) in [6, 6.07) is 18.8. The molecule has 0 aliphatic carbocycles. The second-order valence-corrected chi connectivity index (χ2v) is 5.77. The standard InChI is InChI=1S/C18H16N2O2S/c1-14-13-23-18(19-14)20(15-8-4-2-5-9-15)17(21)12-22-16-10-6-3-7-11-16/h2-11,13H,12H2,1H3. The van der Waals surface area contributed by atoms with Crippen LogP contribution in [0.1, 0.15) is 5.69 Å². The minimum atomic E-state index is -0.158. The van der Waals surface area contributed by atoms with Crippen LogP contribution in [0.3, 0.4) is 0 Å². The highest BCUT2D eigenvalue weighted by Gasteiger charge is 2.21. The maximum absolute atomic E-state index is 12.7. The molecule has 1 heterocycles. The summed E-state index contributed by atoms with van der Waals surface area (Å²) in [5.74, 6) is 0.513. The van der Waals surface area contributed by atoms with E-state index in [4.69, 9.17) is 4.74 Å². The molecule has 0 radical (unpaired) electrons. The molecule has 0 spiro atoms. The zero-order valence-corrected chi connectivity index (χ0v) is 13.5. The van der Waals surface area contributed by atoms with E-state index in [1.807, 2.05) is 73.0 Å². The van der Waals surface area contributed by atoms with Gasteiger partial charge in [-0.25, -0.2) is 4.98 Å². The number of aryl methyl sites for hydroxylation is 1. The van der Waals surface area contributed by atoms with Crippen LogP contribution in [-0.2, 0) is 4.79 Å². The minimum absolute atomic E-state index is 0.0441. The maximum Gasteiger partial charge on any atom is 0.271 e. The van der Waals surface area contributed by atoms with E-state index in [-0.39, 0.29) is 12.5 Å². The third-order valence-corrected chi connectivity index (χ3v) is 4.11. The quantitative estimate of drug-likeness (QED) is 0.706. The Kier molecular flexibility index (Phi) is 4.68. The molecule has 5 heteroatoms. The number of benzene rings is 2. The lowest BCUT2D eigenvalue weighted by Crippen LogP contribution is -2.30. The number of carbonyl (C=O) groups excluding carboxylic acids is 1. The lowest BCUT2D eigenvalue weighted by Gasteiger charge is -2.20. The number of hydrogen-bond donors (Lipinski definition) is 0. The summed E-state index contributed by atoms with van der Waals surface area (Å²) in [5.41, 5.74) is 1.67. The van der Waals surface area contributed by atoms with E-state index in [1.54, 1.807) is 4.90 Å². The summed E-state index contributed by atoms with van der Waals surface area (Å²) < 4.78 is 5.58. The number of anilines is 2. The highest BCUT2D eigenvalue weighted by Crippen LogP contribution is 2.28. The molecule has 0 atom stereocenters. The van der Waals surface area contributed by atoms with E-state index in [9.17, 15) is 4.79 Å². The molecule has 0 bridgehead atoms. The van der Waals surface area contributed by atoms with E-state index in [1.165, 1.54) is 11.3 Å². The summed E-state index contributed by atoms with van der Waals surface area (Å²) in [6.45, 7) is 1.87. The normalized spacial score (nSPS) is 10.3. The van der Waals surface area contributed by atoms with Crippen molar-refractivity contribution in [3.8, 4) is 5.75 Å². The number of aromatic nitrogens is 1. The Bertz CT molecular complexity index is 772. The second-order valence-electron chi connectivity index (χ2n) is 4.94. The maximum atomic E-state index is 12.7. The molecular weight excluding hydrogens is 308 g/mol. The Morgan fingerprint density at radius 1 is 1.09 bits per heavy atom. The smallest absolute Gasteiger partial charge is 0.271 e. The number of hydrogen-bond acceptors (Lipinski definition) is 4. The van der Waals surface area contributed by atoms with E-state index in [0.29, 0.717) is 10.9 Å². The minimum Gasteiger partial charge on any atom is -0.484 e. The van der Waals surface area contributed by atoms with Crippen LogP contribution in [0.25, 0.3) is 0 Å². The molecule has 3 aromatic rings. The lowest BCUT2D eigenvalue weighted by atomic mass is 10.3. The first kappa shape index (κ1) is 15.2. The highest BCUT2D eigenvalue weighted by molar-refractivity contribution is 7.14. The van der Waals surface area contributed by atoms with E-state index in [0.717, 1.165) is 11.4 Å². The van der Waals surface area contributed by atoms with Gasteiger partial charge in [-0.15, -0.1) is 11.3 Å². The molecule has 0 saturated heterocycles. The molecule has 1 aromatic heterocycles. The molecule has 0 saturated carbocycles. The largest absolute Gasteiger partial charge is 0.484 e. The van der Waals surface area contributed by atoms with Crippen LogP contribution in [0.2, 0.25) is 0 Å². The third kappa shape index (κ3) is 3.76. The average Bonchev–Trinajstić information content (AvgIpc) is 3.01. The highest BCUT2D eigenvalue weighted by atomic mass is 32.1. The average molecular weight is 324 g/mol. The van der Waals surface area contributed by atoms with Gasteiger partial charge in [0.15, 0.2) is 11.7 Å². The Morgan fingerprint density at radius 3 is 2.35 bits per heavy atom. The Balaban J connectivity index is 1.82. The summed E-state index contributed by atoms with van der Waals surface area (Å²) in [6.07, 6.45) is 0. The van der Waals surface area contributed by atoms with Gasteiger partial charge in [-0.3, -0.25) is 9.69 Å². The number of para-hydroxylation sites is 2. The van der Waals surface area contributed by atoms with Gasteiger partial charge in [-0.1, -0.05) is 36.4 Å². The molecule has 1 amide bonds. The third-order valence-electron chi connectivity index (χ3n) is 3.17. The SMILES string of the molecule is Cc1csc(N(C(=O)COc2ccccc2)c2ccccc2)n1. The van der Waals surface area contributed by atoms with Crippen molar-refractivity contribution in [3.05, 3.63) is 71.7 Å². The van der Waals surface area contributed by atoms with Crippen LogP contribution in [0.4, 0.5) is 10.8 Å². The van der Waals surface area contributed by atoms with Gasteiger partial charge in [0.2, 0.25) is 0 Å². The summed E-state index contributed by atoms with van der Waals surface area (Å²) in [4.78, 5) is 18.7. The predicted octanol–water partition coefficient (Wildman–Crippen LogP) is 4.20. The fraction of sp³-hybridized carbons (Fsp3) is 0.111. The van der Waals surface area contributed by atoms with Crippen molar-refractivity contribution >= 4 is 28.1 Å². The molecule has 0 aliphatic heterocycles. The Hall–Kier alpha value is -2.66. The zero-order chi connectivity index (χ0) is 16.1. The molecule has 3 rings (SSSR count). The molecule has 0 aliphatic rings. The van der Waals surface area contributed by atoms with Gasteiger partial charge in [0, 0.05) is 5.38 Å². The van der Waals surface area contributed by atoms with Gasteiger partial charge in [0.25, 0.3) is 5.91 Å². The summed E-state index contributed by atoms with van der Waals surface area (Å²) in [7, 11) is 0. The van der Waals surface area contributed by atoms with Crippen LogP contribution in [-0.4, -0.2) is 17.5 Å². The fourth-order valence-corrected chi connectivity index (χ4v) is 2.95. The first-order valence-electron chi connectivity index (χ1n) is 7.22. The van der Waals surface area contributed by atoms with Gasteiger partial charge in [0.05, 0.1) is 11.4 Å². The van der Waals surface area contributed by atoms with Crippen LogP contribution in [0, 0.1) is 6.92 Å². The van der Waals surface area contributed by atoms with Gasteiger partial charge >= 0.3 is 0 Å². The summed E-state index contributed by atoms with van der Waals surface area (Å²) >= 11 is 1.44. The molecule has 4 nitrogen and oxygen atoms in total. The van der Waals surface area contributed by atoms with Crippen LogP contribution >= 0.6 is 11.3 Å². The Labute approximate surface area is 139 Å². The topological polar surface area (TPSA) is 42.4 Å². The Morgan fingerprint density at radius 2 is 1.74 bits per heavy atom. The fourth-order valence-electron chi connectivity index (χ4n) is 2.11. The van der Waals surface area contributed by atoms with Crippen molar-refractivity contribution in [2.75, 3.05) is 11.5 Å². The molecule has 0 fully saturated rings. The number of ether oxygens (including phenoxy) is 1. The van der Waals surface area contributed by atoms with E-state index < -0.39 is 0 Å². The van der Waals surface area contributed by atoms with Crippen molar-refractivity contribution < 1.29 is 9.53 Å². The number of thiazole rings is 1. The monoisotopic (exact) mass is 324 g/mol. The van der Waals surface area contributed by atoms with Crippen molar-refractivity contribution in [3.63, 3.8) is 0 Å². The van der Waals surface area contributed by atoms with E-state index in [2.05, 4.69) is 4.98 Å². The van der Waals surface area contributed by atoms with Crippen molar-refractivity contribution in [1.29, 1.82) is 0 Å².